The first-order valence-corrected chi connectivity index (χ1v) is 6.43. The van der Waals surface area contributed by atoms with Gasteiger partial charge in [-0.15, -0.1) is 0 Å². The predicted molar refractivity (Wildman–Crippen MR) is 71.7 cm³/mol. The van der Waals surface area contributed by atoms with Gasteiger partial charge in [-0.3, -0.25) is 0 Å². The van der Waals surface area contributed by atoms with Gasteiger partial charge in [-0.05, 0) is 26.7 Å². The van der Waals surface area contributed by atoms with Crippen LogP contribution in [0.5, 0.6) is 0 Å². The van der Waals surface area contributed by atoms with Crippen molar-refractivity contribution >= 4 is 11.6 Å². The zero-order chi connectivity index (χ0) is 13.4. The summed E-state index contributed by atoms with van der Waals surface area (Å²) in [5.41, 5.74) is 7.68. The van der Waals surface area contributed by atoms with E-state index in [1.165, 1.54) is 0 Å². The molecule has 1 saturated carbocycles. The lowest BCUT2D eigenvalue weighted by atomic mass is 10.2. The second-order valence-electron chi connectivity index (χ2n) is 5.00. The molecule has 3 rings (SSSR count). The van der Waals surface area contributed by atoms with Crippen molar-refractivity contribution in [2.24, 2.45) is 0 Å². The van der Waals surface area contributed by atoms with Gasteiger partial charge in [0.15, 0.2) is 5.76 Å². The third kappa shape index (κ3) is 2.52. The van der Waals surface area contributed by atoms with E-state index in [0.29, 0.717) is 18.3 Å². The first-order chi connectivity index (χ1) is 9.13. The Morgan fingerprint density at radius 2 is 2.16 bits per heavy atom. The molecule has 3 N–H and O–H groups in total. The molecule has 0 unspecified atom stereocenters. The van der Waals surface area contributed by atoms with Crippen LogP contribution in [-0.4, -0.2) is 15.1 Å². The van der Waals surface area contributed by atoms with Gasteiger partial charge in [-0.25, -0.2) is 9.97 Å². The van der Waals surface area contributed by atoms with Crippen molar-refractivity contribution < 1.29 is 4.52 Å². The number of aryl methyl sites for hydroxylation is 1. The average molecular weight is 259 g/mol. The Balaban J connectivity index is 1.79. The summed E-state index contributed by atoms with van der Waals surface area (Å²) < 4.78 is 5.16. The van der Waals surface area contributed by atoms with Crippen molar-refractivity contribution in [1.82, 2.24) is 15.1 Å². The molecule has 6 heteroatoms. The van der Waals surface area contributed by atoms with Gasteiger partial charge in [-0.1, -0.05) is 5.16 Å². The lowest BCUT2D eigenvalue weighted by Crippen LogP contribution is -2.09. The van der Waals surface area contributed by atoms with E-state index in [0.717, 1.165) is 41.5 Å². The summed E-state index contributed by atoms with van der Waals surface area (Å²) in [6, 6.07) is 1.90. The molecule has 0 aliphatic heterocycles. The molecule has 1 aliphatic carbocycles. The summed E-state index contributed by atoms with van der Waals surface area (Å²) in [6.07, 6.45) is 2.31. The number of aromatic nitrogens is 3. The van der Waals surface area contributed by atoms with E-state index < -0.39 is 0 Å². The van der Waals surface area contributed by atoms with Gasteiger partial charge in [0.2, 0.25) is 0 Å². The van der Waals surface area contributed by atoms with Gasteiger partial charge >= 0.3 is 0 Å². The lowest BCUT2D eigenvalue weighted by Gasteiger charge is -2.10. The Hall–Kier alpha value is -2.11. The lowest BCUT2D eigenvalue weighted by molar-refractivity contribution is 0.384. The maximum absolute atomic E-state index is 5.93. The maximum atomic E-state index is 5.93. The topological polar surface area (TPSA) is 89.9 Å². The number of hydrogen-bond acceptors (Lipinski definition) is 6. The Morgan fingerprint density at radius 3 is 2.79 bits per heavy atom. The number of nitrogens with two attached hydrogens (primary N) is 1. The smallest absolute Gasteiger partial charge is 0.156 e. The van der Waals surface area contributed by atoms with E-state index in [1.54, 1.807) is 0 Å². The number of nitrogens with one attached hydrogen (secondary N) is 1. The Bertz CT molecular complexity index is 603. The molecule has 0 aromatic carbocycles. The highest BCUT2D eigenvalue weighted by molar-refractivity contribution is 5.55. The largest absolute Gasteiger partial charge is 0.383 e. The summed E-state index contributed by atoms with van der Waals surface area (Å²) >= 11 is 0. The van der Waals surface area contributed by atoms with Gasteiger partial charge in [0, 0.05) is 17.5 Å². The van der Waals surface area contributed by atoms with E-state index in [-0.39, 0.29) is 0 Å². The molecule has 19 heavy (non-hydrogen) atoms. The van der Waals surface area contributed by atoms with Gasteiger partial charge < -0.3 is 15.6 Å². The van der Waals surface area contributed by atoms with Crippen LogP contribution in [0.4, 0.5) is 11.6 Å². The third-order valence-electron chi connectivity index (χ3n) is 3.25. The zero-order valence-corrected chi connectivity index (χ0v) is 11.1. The Kier molecular flexibility index (Phi) is 2.85. The van der Waals surface area contributed by atoms with Crippen LogP contribution < -0.4 is 11.1 Å². The minimum Gasteiger partial charge on any atom is -0.383 e. The number of nitrogen functional groups attached to an aromatic ring is 1. The van der Waals surface area contributed by atoms with Crippen molar-refractivity contribution in [3.63, 3.8) is 0 Å². The summed E-state index contributed by atoms with van der Waals surface area (Å²) in [4.78, 5) is 8.90. The van der Waals surface area contributed by atoms with E-state index in [9.17, 15) is 0 Å². The first-order valence-electron chi connectivity index (χ1n) is 6.43. The summed E-state index contributed by atoms with van der Waals surface area (Å²) in [5, 5.41) is 7.09. The van der Waals surface area contributed by atoms with Crippen LogP contribution >= 0.6 is 0 Å². The van der Waals surface area contributed by atoms with Crippen LogP contribution in [0, 0.1) is 13.8 Å². The molecule has 100 valence electrons. The minimum atomic E-state index is 0.482. The van der Waals surface area contributed by atoms with Crippen LogP contribution in [0.15, 0.2) is 10.6 Å². The van der Waals surface area contributed by atoms with Crippen molar-refractivity contribution in [2.75, 3.05) is 11.1 Å². The fraction of sp³-hybridized carbons (Fsp3) is 0.462. The van der Waals surface area contributed by atoms with Gasteiger partial charge in [-0.2, -0.15) is 0 Å². The molecule has 0 saturated heterocycles. The van der Waals surface area contributed by atoms with E-state index >= 15 is 0 Å². The fourth-order valence-corrected chi connectivity index (χ4v) is 1.92. The highest BCUT2D eigenvalue weighted by Crippen LogP contribution is 2.39. The Labute approximate surface area is 111 Å². The molecular weight excluding hydrogens is 242 g/mol. The molecule has 1 aliphatic rings. The normalized spacial score (nSPS) is 14.6. The number of rotatable bonds is 4. The van der Waals surface area contributed by atoms with Crippen LogP contribution in [-0.2, 0) is 6.54 Å². The minimum absolute atomic E-state index is 0.482. The van der Waals surface area contributed by atoms with Gasteiger partial charge in [0.1, 0.15) is 17.5 Å². The van der Waals surface area contributed by atoms with E-state index in [1.807, 2.05) is 19.9 Å². The quantitative estimate of drug-likeness (QED) is 0.874. The Morgan fingerprint density at radius 1 is 1.37 bits per heavy atom. The standard InChI is InChI=1S/C13H17N5O/c1-7-5-10(19-18-7)6-15-12-8(2)11(14)16-13(17-12)9-3-4-9/h5,9H,3-4,6H2,1-2H3,(H3,14,15,16,17). The second kappa shape index (κ2) is 4.53. The molecule has 0 bridgehead atoms. The molecule has 1 fully saturated rings. The SMILES string of the molecule is Cc1cc(CNc2nc(C3CC3)nc(N)c2C)on1. The molecule has 0 atom stereocenters. The average Bonchev–Trinajstić information content (AvgIpc) is 3.15. The zero-order valence-electron chi connectivity index (χ0n) is 11.1. The summed E-state index contributed by atoms with van der Waals surface area (Å²) in [5.74, 6) is 3.44. The van der Waals surface area contributed by atoms with Crippen LogP contribution in [0.1, 0.15) is 41.6 Å². The summed E-state index contributed by atoms with van der Waals surface area (Å²) in [6.45, 7) is 4.36. The third-order valence-corrected chi connectivity index (χ3v) is 3.25. The maximum Gasteiger partial charge on any atom is 0.156 e. The van der Waals surface area contributed by atoms with Gasteiger partial charge in [0.25, 0.3) is 0 Å². The molecule has 0 spiro atoms. The molecule has 0 radical (unpaired) electrons. The van der Waals surface area contributed by atoms with Crippen molar-refractivity contribution in [2.45, 2.75) is 39.2 Å². The molecule has 2 aromatic rings. The molecule has 2 aromatic heterocycles. The fourth-order valence-electron chi connectivity index (χ4n) is 1.92. The van der Waals surface area contributed by atoms with Crippen LogP contribution in [0.25, 0.3) is 0 Å². The number of anilines is 2. The molecule has 0 amide bonds. The highest BCUT2D eigenvalue weighted by Gasteiger charge is 2.27. The van der Waals surface area contributed by atoms with Gasteiger partial charge in [0.05, 0.1) is 12.2 Å². The number of nitrogens with zero attached hydrogens (tertiary/aromatic N) is 3. The predicted octanol–water partition coefficient (Wildman–Crippen LogP) is 2.15. The molecular formula is C13H17N5O. The first kappa shape index (κ1) is 12.0. The molecule has 2 heterocycles. The van der Waals surface area contributed by atoms with E-state index in [4.69, 9.17) is 10.3 Å². The van der Waals surface area contributed by atoms with Crippen molar-refractivity contribution in [3.8, 4) is 0 Å². The van der Waals surface area contributed by atoms with Crippen LogP contribution in [0.3, 0.4) is 0 Å². The summed E-state index contributed by atoms with van der Waals surface area (Å²) in [7, 11) is 0. The molecule has 6 nitrogen and oxygen atoms in total. The van der Waals surface area contributed by atoms with Crippen molar-refractivity contribution in [1.29, 1.82) is 0 Å². The number of hydrogen-bond donors (Lipinski definition) is 2. The van der Waals surface area contributed by atoms with E-state index in [2.05, 4.69) is 20.4 Å². The second-order valence-corrected chi connectivity index (χ2v) is 5.00. The van der Waals surface area contributed by atoms with Crippen molar-refractivity contribution in [3.05, 3.63) is 28.9 Å². The monoisotopic (exact) mass is 259 g/mol. The highest BCUT2D eigenvalue weighted by atomic mass is 16.5. The van der Waals surface area contributed by atoms with Crippen LogP contribution in [0.2, 0.25) is 0 Å².